The van der Waals surface area contributed by atoms with Crippen LogP contribution in [-0.2, 0) is 0 Å². The van der Waals surface area contributed by atoms with E-state index in [0.29, 0.717) is 0 Å². The quantitative estimate of drug-likeness (QED) is 0.144. The standard InChI is InChI=1S/C58H39N3/c1-5-15-40(16-6-1)41-29-34-49(35-30-41)61(54-24-14-13-23-51(54)43-17-7-2-8-18-43)50-36-31-42(32-37-50)48-28-26-44-25-27-45-33-38-53-58(55(45)52(44)39-48)60-57(47-21-11-4-12-22-47)56(59-53)46-19-9-3-10-20-46/h1-39H. The largest absolute Gasteiger partial charge is 0.310 e. The Balaban J connectivity index is 1.04. The molecular weight excluding hydrogens is 739 g/mol. The van der Waals surface area contributed by atoms with Crippen LogP contribution >= 0.6 is 0 Å². The van der Waals surface area contributed by atoms with Crippen LogP contribution in [0.2, 0.25) is 0 Å². The van der Waals surface area contributed by atoms with E-state index in [1.54, 1.807) is 0 Å². The number of rotatable bonds is 8. The van der Waals surface area contributed by atoms with Crippen molar-refractivity contribution in [3.8, 4) is 55.9 Å². The summed E-state index contributed by atoms with van der Waals surface area (Å²) in [5, 5.41) is 4.57. The maximum Gasteiger partial charge on any atom is 0.0979 e. The first kappa shape index (κ1) is 36.0. The lowest BCUT2D eigenvalue weighted by atomic mass is 9.95. The number of aromatic nitrogens is 2. The van der Waals surface area contributed by atoms with Crippen LogP contribution in [0, 0.1) is 0 Å². The zero-order chi connectivity index (χ0) is 40.5. The lowest BCUT2D eigenvalue weighted by molar-refractivity contribution is 1.28. The summed E-state index contributed by atoms with van der Waals surface area (Å²) in [5.41, 5.74) is 15.9. The minimum Gasteiger partial charge on any atom is -0.310 e. The molecule has 0 fully saturated rings. The fourth-order valence-electron chi connectivity index (χ4n) is 8.63. The number of fused-ring (bicyclic) bond motifs is 5. The molecule has 0 unspecified atom stereocenters. The topological polar surface area (TPSA) is 29.0 Å². The Labute approximate surface area is 355 Å². The Bertz CT molecular complexity index is 3310. The van der Waals surface area contributed by atoms with Gasteiger partial charge in [-0.3, -0.25) is 0 Å². The molecular formula is C58H39N3. The second kappa shape index (κ2) is 15.6. The molecule has 61 heavy (non-hydrogen) atoms. The summed E-state index contributed by atoms with van der Waals surface area (Å²) in [7, 11) is 0. The number of para-hydroxylation sites is 1. The summed E-state index contributed by atoms with van der Waals surface area (Å²) < 4.78 is 0. The van der Waals surface area contributed by atoms with E-state index < -0.39 is 0 Å². The van der Waals surface area contributed by atoms with E-state index in [-0.39, 0.29) is 0 Å². The molecule has 0 aliphatic heterocycles. The molecule has 0 spiro atoms. The maximum atomic E-state index is 5.47. The van der Waals surface area contributed by atoms with Crippen molar-refractivity contribution in [1.82, 2.24) is 9.97 Å². The van der Waals surface area contributed by atoms with Crippen molar-refractivity contribution in [3.05, 3.63) is 237 Å². The van der Waals surface area contributed by atoms with Crippen molar-refractivity contribution in [2.24, 2.45) is 0 Å². The number of benzene rings is 10. The van der Waals surface area contributed by atoms with Crippen LogP contribution in [0.3, 0.4) is 0 Å². The molecule has 286 valence electrons. The van der Waals surface area contributed by atoms with Crippen molar-refractivity contribution in [2.75, 3.05) is 4.90 Å². The highest BCUT2D eigenvalue weighted by molar-refractivity contribution is 6.19. The molecule has 0 N–H and O–H groups in total. The molecule has 11 rings (SSSR count). The van der Waals surface area contributed by atoms with Gasteiger partial charge in [-0.1, -0.05) is 194 Å². The number of anilines is 3. The molecule has 0 aliphatic carbocycles. The SMILES string of the molecule is c1ccc(-c2ccc(N(c3ccc(-c4ccc5ccc6ccc7nc(-c8ccccc8)c(-c8ccccc8)nc7c6c5c4)cc3)c3ccccc3-c3ccccc3)cc2)cc1. The Morgan fingerprint density at radius 2 is 0.754 bits per heavy atom. The van der Waals surface area contributed by atoms with Crippen LogP contribution in [0.25, 0.3) is 88.5 Å². The van der Waals surface area contributed by atoms with E-state index in [1.807, 2.05) is 12.1 Å². The molecule has 3 nitrogen and oxygen atoms in total. The summed E-state index contributed by atoms with van der Waals surface area (Å²) in [5.74, 6) is 0. The van der Waals surface area contributed by atoms with Gasteiger partial charge >= 0.3 is 0 Å². The fraction of sp³-hybridized carbons (Fsp3) is 0. The molecule has 0 aliphatic rings. The third-order valence-electron chi connectivity index (χ3n) is 11.6. The Morgan fingerprint density at radius 1 is 0.311 bits per heavy atom. The van der Waals surface area contributed by atoms with Gasteiger partial charge in [-0.15, -0.1) is 0 Å². The van der Waals surface area contributed by atoms with Gasteiger partial charge < -0.3 is 4.90 Å². The summed E-state index contributed by atoms with van der Waals surface area (Å²) in [6, 6.07) is 84.0. The van der Waals surface area contributed by atoms with Gasteiger partial charge in [-0.2, -0.15) is 0 Å². The summed E-state index contributed by atoms with van der Waals surface area (Å²) >= 11 is 0. The van der Waals surface area contributed by atoms with E-state index in [9.17, 15) is 0 Å². The predicted octanol–water partition coefficient (Wildman–Crippen LogP) is 15.7. The first-order chi connectivity index (χ1) is 30.2. The highest BCUT2D eigenvalue weighted by atomic mass is 15.1. The normalized spacial score (nSPS) is 11.3. The maximum absolute atomic E-state index is 5.47. The molecule has 1 aromatic heterocycles. The number of hydrogen-bond donors (Lipinski definition) is 0. The van der Waals surface area contributed by atoms with E-state index in [2.05, 4.69) is 229 Å². The van der Waals surface area contributed by atoms with Crippen LogP contribution in [0.4, 0.5) is 17.1 Å². The van der Waals surface area contributed by atoms with E-state index in [0.717, 1.165) is 77.9 Å². The van der Waals surface area contributed by atoms with Crippen molar-refractivity contribution in [1.29, 1.82) is 0 Å². The van der Waals surface area contributed by atoms with Gasteiger partial charge in [0.2, 0.25) is 0 Å². The molecule has 1 heterocycles. The summed E-state index contributed by atoms with van der Waals surface area (Å²) in [4.78, 5) is 13.2. The monoisotopic (exact) mass is 777 g/mol. The van der Waals surface area contributed by atoms with Gasteiger partial charge in [0.15, 0.2) is 0 Å². The lowest BCUT2D eigenvalue weighted by Gasteiger charge is -2.28. The third-order valence-corrected chi connectivity index (χ3v) is 11.6. The molecule has 0 bridgehead atoms. The molecule has 0 saturated carbocycles. The predicted molar refractivity (Wildman–Crippen MR) is 256 cm³/mol. The molecule has 3 heteroatoms. The van der Waals surface area contributed by atoms with Gasteiger partial charge in [-0.25, -0.2) is 9.97 Å². The van der Waals surface area contributed by atoms with Gasteiger partial charge in [-0.05, 0) is 86.4 Å². The zero-order valence-corrected chi connectivity index (χ0v) is 33.4. The van der Waals surface area contributed by atoms with E-state index in [4.69, 9.17) is 9.97 Å². The van der Waals surface area contributed by atoms with Crippen LogP contribution in [0.1, 0.15) is 0 Å². The second-order valence-corrected chi connectivity index (χ2v) is 15.4. The van der Waals surface area contributed by atoms with Gasteiger partial charge in [0, 0.05) is 33.5 Å². The molecule has 0 amide bonds. The van der Waals surface area contributed by atoms with Crippen molar-refractivity contribution in [2.45, 2.75) is 0 Å². The summed E-state index contributed by atoms with van der Waals surface area (Å²) in [6.45, 7) is 0. The first-order valence-corrected chi connectivity index (χ1v) is 20.7. The third kappa shape index (κ3) is 6.78. The van der Waals surface area contributed by atoms with Crippen molar-refractivity contribution >= 4 is 49.6 Å². The van der Waals surface area contributed by atoms with Gasteiger partial charge in [0.25, 0.3) is 0 Å². The van der Waals surface area contributed by atoms with Gasteiger partial charge in [0.1, 0.15) is 0 Å². The smallest absolute Gasteiger partial charge is 0.0979 e. The molecule has 0 saturated heterocycles. The van der Waals surface area contributed by atoms with Crippen LogP contribution < -0.4 is 4.90 Å². The first-order valence-electron chi connectivity index (χ1n) is 20.7. The minimum absolute atomic E-state index is 0.876. The minimum atomic E-state index is 0.876. The Hall–Kier alpha value is -8.14. The van der Waals surface area contributed by atoms with Crippen LogP contribution in [-0.4, -0.2) is 9.97 Å². The summed E-state index contributed by atoms with van der Waals surface area (Å²) in [6.07, 6.45) is 0. The molecule has 0 radical (unpaired) electrons. The van der Waals surface area contributed by atoms with Gasteiger partial charge in [0.05, 0.1) is 28.1 Å². The highest BCUT2D eigenvalue weighted by Gasteiger charge is 2.19. The van der Waals surface area contributed by atoms with E-state index >= 15 is 0 Å². The average Bonchev–Trinajstić information content (AvgIpc) is 3.35. The molecule has 10 aromatic carbocycles. The Kier molecular flexibility index (Phi) is 9.18. The van der Waals surface area contributed by atoms with E-state index in [1.165, 1.54) is 27.6 Å². The second-order valence-electron chi connectivity index (χ2n) is 15.4. The average molecular weight is 778 g/mol. The lowest BCUT2D eigenvalue weighted by Crippen LogP contribution is -2.11. The number of nitrogens with zero attached hydrogens (tertiary/aromatic N) is 3. The fourth-order valence-corrected chi connectivity index (χ4v) is 8.63. The van der Waals surface area contributed by atoms with Crippen LogP contribution in [0.5, 0.6) is 0 Å². The van der Waals surface area contributed by atoms with Crippen molar-refractivity contribution < 1.29 is 0 Å². The number of hydrogen-bond acceptors (Lipinski definition) is 3. The zero-order valence-electron chi connectivity index (χ0n) is 33.4. The van der Waals surface area contributed by atoms with Crippen molar-refractivity contribution in [3.63, 3.8) is 0 Å². The molecule has 0 atom stereocenters. The molecule has 11 aromatic rings. The Morgan fingerprint density at radius 3 is 1.38 bits per heavy atom. The van der Waals surface area contributed by atoms with Crippen LogP contribution in [0.15, 0.2) is 237 Å². The highest BCUT2D eigenvalue weighted by Crippen LogP contribution is 2.43.